The van der Waals surface area contributed by atoms with Crippen molar-refractivity contribution in [3.05, 3.63) is 75.2 Å². The highest BCUT2D eigenvalue weighted by atomic mass is 32.2. The first-order valence-corrected chi connectivity index (χ1v) is 13.7. The molecule has 0 fully saturated rings. The molecule has 0 spiro atoms. The molecule has 2 aromatic rings. The summed E-state index contributed by atoms with van der Waals surface area (Å²) in [6.07, 6.45) is 9.40. The van der Waals surface area contributed by atoms with E-state index in [0.717, 1.165) is 68.4 Å². The van der Waals surface area contributed by atoms with Crippen molar-refractivity contribution in [3.8, 4) is 23.0 Å². The van der Waals surface area contributed by atoms with E-state index in [2.05, 4.69) is 25.5 Å². The smallest absolute Gasteiger partial charge is 0.140 e. The Bertz CT molecular complexity index is 1180. The quantitative estimate of drug-likeness (QED) is 0.258. The van der Waals surface area contributed by atoms with E-state index in [4.69, 9.17) is 19.4 Å². The fourth-order valence-electron chi connectivity index (χ4n) is 4.35. The Morgan fingerprint density at radius 3 is 2.53 bits per heavy atom. The van der Waals surface area contributed by atoms with Gasteiger partial charge in [0.05, 0.1) is 6.61 Å². The number of allylic oxidation sites excluding steroid dienone is 1. The predicted molar refractivity (Wildman–Crippen MR) is 156 cm³/mol. The van der Waals surface area contributed by atoms with Gasteiger partial charge >= 0.3 is 0 Å². The molecule has 2 aromatic carbocycles. The Hall–Kier alpha value is -2.91. The number of hydrogen-bond acceptors (Lipinski definition) is 8. The number of thioether (sulfide) groups is 1. The van der Waals surface area contributed by atoms with Crippen LogP contribution in [0.4, 0.5) is 0 Å². The van der Waals surface area contributed by atoms with Gasteiger partial charge in [-0.1, -0.05) is 6.08 Å². The number of phenols is 1. The van der Waals surface area contributed by atoms with Gasteiger partial charge in [-0.2, -0.15) is 0 Å². The third-order valence-corrected chi connectivity index (χ3v) is 7.39. The molecule has 4 rings (SSSR count). The molecule has 208 valence electrons. The lowest BCUT2D eigenvalue weighted by Crippen LogP contribution is -2.42. The number of phenolic OH excluding ortho intramolecular Hbond substituents is 1. The van der Waals surface area contributed by atoms with Gasteiger partial charge in [-0.15, -0.1) is 18.3 Å². The molecule has 5 N–H and O–H groups in total. The van der Waals surface area contributed by atoms with Crippen molar-refractivity contribution in [2.45, 2.75) is 53.1 Å². The maximum absolute atomic E-state index is 10.4. The van der Waals surface area contributed by atoms with Crippen molar-refractivity contribution >= 4 is 17.8 Å². The second-order valence-electron chi connectivity index (χ2n) is 9.46. The summed E-state index contributed by atoms with van der Waals surface area (Å²) in [6, 6.07) is 5.84. The van der Waals surface area contributed by atoms with E-state index in [1.807, 2.05) is 58.2 Å². The molecule has 0 aromatic heterocycles. The Labute approximate surface area is 230 Å². The number of nitrogens with two attached hydrogens (primary N) is 1. The van der Waals surface area contributed by atoms with Gasteiger partial charge in [0.15, 0.2) is 0 Å². The lowest BCUT2D eigenvalue weighted by molar-refractivity contribution is 0.0166. The van der Waals surface area contributed by atoms with Crippen molar-refractivity contribution in [2.75, 3.05) is 26.1 Å². The van der Waals surface area contributed by atoms with Crippen LogP contribution in [0.5, 0.6) is 23.0 Å². The number of aliphatic hydroxyl groups excluding tert-OH is 1. The van der Waals surface area contributed by atoms with Crippen LogP contribution in [0.3, 0.4) is 0 Å². The first kappa shape index (κ1) is 31.3. The highest BCUT2D eigenvalue weighted by molar-refractivity contribution is 8.02. The number of rotatable bonds is 6. The Kier molecular flexibility index (Phi) is 11.8. The van der Waals surface area contributed by atoms with E-state index >= 15 is 0 Å². The summed E-state index contributed by atoms with van der Waals surface area (Å²) in [5.74, 6) is 6.34. The Balaban J connectivity index is 0.000000947. The Morgan fingerprint density at radius 2 is 1.89 bits per heavy atom. The minimum atomic E-state index is -0.460. The molecule has 2 aliphatic rings. The molecule has 38 heavy (non-hydrogen) atoms. The summed E-state index contributed by atoms with van der Waals surface area (Å²) in [7, 11) is 0. The second kappa shape index (κ2) is 14.3. The maximum Gasteiger partial charge on any atom is 0.140 e. The second-order valence-corrected chi connectivity index (χ2v) is 10.4. The van der Waals surface area contributed by atoms with Crippen LogP contribution in [0.2, 0.25) is 0 Å². The molecule has 0 aliphatic carbocycles. The molecule has 0 bridgehead atoms. The van der Waals surface area contributed by atoms with Gasteiger partial charge in [-0.3, -0.25) is 0 Å². The third kappa shape index (κ3) is 7.35. The zero-order valence-electron chi connectivity index (χ0n) is 23.3. The average molecular weight is 544 g/mol. The van der Waals surface area contributed by atoms with E-state index in [1.165, 1.54) is 11.8 Å². The summed E-state index contributed by atoms with van der Waals surface area (Å²) in [4.78, 5) is 0.900. The van der Waals surface area contributed by atoms with Crippen LogP contribution in [-0.2, 0) is 6.42 Å². The van der Waals surface area contributed by atoms with Crippen LogP contribution in [0.25, 0.3) is 6.08 Å². The van der Waals surface area contributed by atoms with Crippen LogP contribution in [0.1, 0.15) is 48.1 Å². The van der Waals surface area contributed by atoms with Gasteiger partial charge in [0.25, 0.3) is 0 Å². The fraction of sp³-hybridized carbons (Fsp3) is 0.400. The van der Waals surface area contributed by atoms with Gasteiger partial charge in [0.2, 0.25) is 0 Å². The standard InChI is InChI=1S/C27H32O5S.C3H6.H3NO/c1-16-17(2)26-23(18(3)25(16)29)8-9-27(4,32-26)15-31-21-6-7-24-20(12-21)10-19(14-30-24)11-22(13-28)33-5;1-3-2;1-2/h6-7,10-12,28-29H,8-9,13-15H2,1-5H3;3H,1H2,2H3;2H,1H2/b22-11-;;. The number of ether oxygens (including phenoxy) is 3. The van der Waals surface area contributed by atoms with E-state index in [-0.39, 0.29) is 6.61 Å². The summed E-state index contributed by atoms with van der Waals surface area (Å²) in [5, 5.41) is 26.3. The molecule has 8 heteroatoms. The number of hydrogen-bond donors (Lipinski definition) is 4. The van der Waals surface area contributed by atoms with Crippen molar-refractivity contribution in [1.29, 1.82) is 0 Å². The van der Waals surface area contributed by atoms with Crippen LogP contribution in [0.15, 0.2) is 47.4 Å². The molecule has 1 atom stereocenters. The van der Waals surface area contributed by atoms with Gasteiger partial charge in [0, 0.05) is 16.0 Å². The van der Waals surface area contributed by atoms with Gasteiger partial charge in [-0.25, -0.2) is 5.90 Å². The third-order valence-electron chi connectivity index (χ3n) is 6.62. The summed E-state index contributed by atoms with van der Waals surface area (Å²) >= 11 is 1.53. The van der Waals surface area contributed by atoms with Crippen LogP contribution in [0, 0.1) is 20.8 Å². The summed E-state index contributed by atoms with van der Waals surface area (Å²) < 4.78 is 18.5. The molecular weight excluding hydrogens is 502 g/mol. The Morgan fingerprint density at radius 1 is 1.21 bits per heavy atom. The first-order chi connectivity index (χ1) is 18.2. The highest BCUT2D eigenvalue weighted by Crippen LogP contribution is 2.43. The molecule has 0 radical (unpaired) electrons. The van der Waals surface area contributed by atoms with E-state index in [0.29, 0.717) is 19.0 Å². The topological polar surface area (TPSA) is 114 Å². The monoisotopic (exact) mass is 543 g/mol. The molecule has 7 nitrogen and oxygen atoms in total. The normalized spacial score (nSPS) is 17.6. The van der Waals surface area contributed by atoms with Crippen molar-refractivity contribution in [2.24, 2.45) is 5.90 Å². The van der Waals surface area contributed by atoms with Crippen LogP contribution in [-0.4, -0.2) is 47.1 Å². The predicted octanol–water partition coefficient (Wildman–Crippen LogP) is 6.02. The van der Waals surface area contributed by atoms with Gasteiger partial charge < -0.3 is 29.6 Å². The number of aromatic hydroxyl groups is 1. The lowest BCUT2D eigenvalue weighted by atomic mass is 9.87. The minimum absolute atomic E-state index is 0.0222. The molecule has 0 amide bonds. The molecule has 0 saturated carbocycles. The average Bonchev–Trinajstić information content (AvgIpc) is 2.93. The first-order valence-electron chi connectivity index (χ1n) is 12.5. The maximum atomic E-state index is 10.4. The van der Waals surface area contributed by atoms with Crippen molar-refractivity contribution in [1.82, 2.24) is 0 Å². The highest BCUT2D eigenvalue weighted by Gasteiger charge is 2.35. The van der Waals surface area contributed by atoms with Gasteiger partial charge in [-0.05, 0) is 106 Å². The van der Waals surface area contributed by atoms with Crippen molar-refractivity contribution in [3.63, 3.8) is 0 Å². The molecule has 2 aliphatic heterocycles. The zero-order chi connectivity index (χ0) is 28.5. The number of benzene rings is 2. The largest absolute Gasteiger partial charge is 0.507 e. The molecule has 2 heterocycles. The molecule has 0 saturated heterocycles. The lowest BCUT2D eigenvalue weighted by Gasteiger charge is -2.37. The SMILES string of the molecule is C=CC.CS/C(=C\C1=Cc2cc(OCC3(C)CCc4c(C)c(O)c(C)c(C)c4O3)ccc2OC1)CO.NO. The molecular formula is C30H41NO6S. The summed E-state index contributed by atoms with van der Waals surface area (Å²) in [5.41, 5.74) is 5.38. The number of fused-ring (bicyclic) bond motifs is 2. The van der Waals surface area contributed by atoms with E-state index in [1.54, 1.807) is 6.08 Å². The number of aliphatic hydroxyl groups is 1. The van der Waals surface area contributed by atoms with Crippen LogP contribution >= 0.6 is 11.8 Å². The fourth-order valence-corrected chi connectivity index (χ4v) is 4.75. The molecule has 1 unspecified atom stereocenters. The van der Waals surface area contributed by atoms with Crippen LogP contribution < -0.4 is 20.1 Å². The van der Waals surface area contributed by atoms with E-state index < -0.39 is 5.60 Å². The minimum Gasteiger partial charge on any atom is -0.507 e. The summed E-state index contributed by atoms with van der Waals surface area (Å²) in [6.45, 7) is 14.1. The van der Waals surface area contributed by atoms with E-state index in [9.17, 15) is 10.2 Å². The zero-order valence-corrected chi connectivity index (χ0v) is 24.1. The van der Waals surface area contributed by atoms with Crippen molar-refractivity contribution < 1.29 is 29.6 Å². The van der Waals surface area contributed by atoms with Gasteiger partial charge in [0.1, 0.15) is 41.8 Å².